The number of rotatable bonds is 0. The van der Waals surface area contributed by atoms with Crippen molar-refractivity contribution in [1.29, 1.82) is 0 Å². The quantitative estimate of drug-likeness (QED) is 0.647. The second-order valence-electron chi connectivity index (χ2n) is 3.88. The molecule has 2 aromatic carbocycles. The van der Waals surface area contributed by atoms with Crippen molar-refractivity contribution >= 4 is 38.8 Å². The van der Waals surface area contributed by atoms with Gasteiger partial charge in [-0.15, -0.1) is 0 Å². The van der Waals surface area contributed by atoms with E-state index < -0.39 is 0 Å². The zero-order valence-electron chi connectivity index (χ0n) is 9.25. The summed E-state index contributed by atoms with van der Waals surface area (Å²) in [7, 11) is 0. The molecule has 2 aliphatic rings. The molecule has 0 atom stereocenters. The third-order valence-electron chi connectivity index (χ3n) is 2.68. The first-order chi connectivity index (χ1) is 8.90. The van der Waals surface area contributed by atoms with E-state index in [2.05, 4.69) is 24.3 Å². The fourth-order valence-corrected chi connectivity index (χ4v) is 6.17. The third kappa shape index (κ3) is 1.70. The number of benzene rings is 2. The van der Waals surface area contributed by atoms with E-state index in [1.807, 2.05) is 24.3 Å². The molecule has 0 radical (unpaired) electrons. The predicted molar refractivity (Wildman–Crippen MR) is 71.9 cm³/mol. The number of hydrogen-bond donors (Lipinski definition) is 0. The molecule has 0 saturated carbocycles. The molecule has 0 bridgehead atoms. The van der Waals surface area contributed by atoms with Gasteiger partial charge in [-0.1, -0.05) is 0 Å². The van der Waals surface area contributed by atoms with Crippen LogP contribution in [0, 0.1) is 0 Å². The van der Waals surface area contributed by atoms with E-state index in [9.17, 15) is 0 Å². The van der Waals surface area contributed by atoms with Crippen LogP contribution >= 0.6 is 0 Å². The molecule has 88 valence electrons. The minimum atomic E-state index is 0.246. The summed E-state index contributed by atoms with van der Waals surface area (Å²) >= 11 is 0.492. The van der Waals surface area contributed by atoms with E-state index in [4.69, 9.17) is 9.47 Å². The monoisotopic (exact) mass is 368 g/mol. The van der Waals surface area contributed by atoms with E-state index >= 15 is 0 Å². The summed E-state index contributed by atoms with van der Waals surface area (Å²) in [6.07, 6.45) is 0. The van der Waals surface area contributed by atoms with Gasteiger partial charge in [0.15, 0.2) is 0 Å². The first kappa shape index (κ1) is 10.7. The molecule has 0 saturated heterocycles. The van der Waals surface area contributed by atoms with Gasteiger partial charge in [-0.05, 0) is 0 Å². The van der Waals surface area contributed by atoms with Gasteiger partial charge in [0.25, 0.3) is 0 Å². The van der Waals surface area contributed by atoms with Gasteiger partial charge in [0, 0.05) is 0 Å². The van der Waals surface area contributed by atoms with E-state index in [-0.39, 0.29) is 29.9 Å². The topological polar surface area (TPSA) is 18.5 Å². The molecule has 0 spiro atoms. The summed E-state index contributed by atoms with van der Waals surface area (Å²) < 4.78 is 16.5. The van der Waals surface area contributed by atoms with Gasteiger partial charge in [0.05, 0.1) is 0 Å². The van der Waals surface area contributed by atoms with Crippen molar-refractivity contribution in [3.05, 3.63) is 57.8 Å². The first-order valence-electron chi connectivity index (χ1n) is 5.54. The van der Waals surface area contributed by atoms with Crippen LogP contribution in [-0.2, 0) is 0 Å². The van der Waals surface area contributed by atoms with Gasteiger partial charge in [-0.2, -0.15) is 0 Å². The van der Waals surface area contributed by atoms with Crippen LogP contribution in [-0.4, -0.2) is 29.9 Å². The van der Waals surface area contributed by atoms with Crippen molar-refractivity contribution in [3.8, 4) is 11.5 Å². The van der Waals surface area contributed by atoms with Gasteiger partial charge >= 0.3 is 118 Å². The van der Waals surface area contributed by atoms with Crippen molar-refractivity contribution < 1.29 is 9.47 Å². The fraction of sp³-hybridized carbons (Fsp3) is 0. The van der Waals surface area contributed by atoms with Crippen LogP contribution in [0.1, 0.15) is 0 Å². The summed E-state index contributed by atoms with van der Waals surface area (Å²) in [6, 6.07) is 16.5. The molecule has 0 amide bonds. The molecule has 0 aromatic heterocycles. The maximum atomic E-state index is 5.92. The van der Waals surface area contributed by atoms with Crippen LogP contribution in [0.5, 0.6) is 11.5 Å². The molecule has 2 aliphatic heterocycles. The van der Waals surface area contributed by atoms with Crippen LogP contribution in [0.4, 0.5) is 0 Å². The Morgan fingerprint density at radius 1 is 0.611 bits per heavy atom. The van der Waals surface area contributed by atoms with Crippen molar-refractivity contribution in [2.24, 2.45) is 0 Å². The fourth-order valence-electron chi connectivity index (χ4n) is 1.85. The summed E-state index contributed by atoms with van der Waals surface area (Å²) in [6.45, 7) is 0. The van der Waals surface area contributed by atoms with Gasteiger partial charge < -0.3 is 0 Å². The molecule has 18 heavy (non-hydrogen) atoms. The standard InChI is InChI=1S/C14H8O2Se2/c1-3-7-11-9(5-1)15-13(17-11)14-16-10-6-2-4-8-12(10)18-14/h1-8H/b14-13+. The number of hydrogen-bond acceptors (Lipinski definition) is 2. The molecule has 0 N–H and O–H groups in total. The van der Waals surface area contributed by atoms with Crippen LogP contribution in [0.15, 0.2) is 57.8 Å². The number of ether oxygens (including phenoxy) is 2. The van der Waals surface area contributed by atoms with Gasteiger partial charge in [-0.3, -0.25) is 0 Å². The van der Waals surface area contributed by atoms with Crippen LogP contribution in [0.2, 0.25) is 0 Å². The second-order valence-corrected chi connectivity index (χ2v) is 8.13. The average Bonchev–Trinajstić information content (AvgIpc) is 3.02. The Hall–Kier alpha value is -1.18. The van der Waals surface area contributed by atoms with E-state index in [0.717, 1.165) is 20.8 Å². The van der Waals surface area contributed by atoms with Crippen molar-refractivity contribution in [2.75, 3.05) is 0 Å². The number of para-hydroxylation sites is 2. The zero-order chi connectivity index (χ0) is 11.9. The Morgan fingerprint density at radius 3 is 1.50 bits per heavy atom. The summed E-state index contributed by atoms with van der Waals surface area (Å²) in [4.78, 5) is 0. The van der Waals surface area contributed by atoms with Crippen molar-refractivity contribution in [1.82, 2.24) is 0 Å². The van der Waals surface area contributed by atoms with E-state index in [0.29, 0.717) is 0 Å². The van der Waals surface area contributed by atoms with E-state index in [1.54, 1.807) is 0 Å². The molecular weight excluding hydrogens is 358 g/mol. The van der Waals surface area contributed by atoms with E-state index in [1.165, 1.54) is 8.92 Å². The Kier molecular flexibility index (Phi) is 2.49. The molecule has 2 heterocycles. The van der Waals surface area contributed by atoms with Crippen molar-refractivity contribution in [2.45, 2.75) is 0 Å². The number of fused-ring (bicyclic) bond motifs is 2. The van der Waals surface area contributed by atoms with Crippen LogP contribution in [0.3, 0.4) is 0 Å². The SMILES string of the molecule is c1ccc2c(c1)O/C(=C1/Oc3ccccc3[Se]1)[Se]2. The van der Waals surface area contributed by atoms with Crippen LogP contribution < -0.4 is 18.4 Å². The second kappa shape index (κ2) is 4.18. The van der Waals surface area contributed by atoms with Crippen LogP contribution in [0.25, 0.3) is 0 Å². The molecule has 4 heteroatoms. The zero-order valence-corrected chi connectivity index (χ0v) is 12.7. The molecular formula is C14H8O2Se2. The molecule has 0 fully saturated rings. The van der Waals surface area contributed by atoms with Gasteiger partial charge in [0.2, 0.25) is 0 Å². The Bertz CT molecular complexity index is 553. The molecule has 4 rings (SSSR count). The first-order valence-corrected chi connectivity index (χ1v) is 8.96. The molecule has 0 unspecified atom stereocenters. The molecule has 2 aromatic rings. The Balaban J connectivity index is 1.70. The average molecular weight is 366 g/mol. The summed E-state index contributed by atoms with van der Waals surface area (Å²) in [5.41, 5.74) is 0. The Labute approximate surface area is 117 Å². The summed E-state index contributed by atoms with van der Waals surface area (Å²) in [5.74, 6) is 1.99. The molecule has 0 aliphatic carbocycles. The Morgan fingerprint density at radius 2 is 1.06 bits per heavy atom. The van der Waals surface area contributed by atoms with Gasteiger partial charge in [0.1, 0.15) is 0 Å². The normalized spacial score (nSPS) is 20.0. The van der Waals surface area contributed by atoms with Gasteiger partial charge in [-0.25, -0.2) is 0 Å². The third-order valence-corrected chi connectivity index (χ3v) is 7.57. The minimum absolute atomic E-state index is 0.246. The maximum absolute atomic E-state index is 5.92. The predicted octanol–water partition coefficient (Wildman–Crippen LogP) is 0.957. The summed E-state index contributed by atoms with van der Waals surface area (Å²) in [5, 5.41) is 0. The molecule has 2 nitrogen and oxygen atoms in total. The van der Waals surface area contributed by atoms with Crippen molar-refractivity contribution in [3.63, 3.8) is 0 Å².